The third-order valence-corrected chi connectivity index (χ3v) is 6.25. The Labute approximate surface area is 213 Å². The largest absolute Gasteiger partial charge is 0.494 e. The molecule has 190 valence electrons. The molecule has 2 unspecified atom stereocenters. The minimum absolute atomic E-state index is 0.137. The van der Waals surface area contributed by atoms with Crippen LogP contribution >= 0.6 is 0 Å². The number of hydrogen-bond acceptors (Lipinski definition) is 8. The Morgan fingerprint density at radius 1 is 1.14 bits per heavy atom. The molecule has 3 N–H and O–H groups in total. The smallest absolute Gasteiger partial charge is 0.258 e. The standard InChI is InChI=1S/C27H27N5O5/c1-2-10-35-18-7-5-17(6-8-18)22-19(14-28)25(33)30-24-23(22)26(34)32-27(31-24)29-15-16-4-9-20-21(13-16)37-12-3-11-36-20/h4-9,13,19,22H,2-3,10-12,15H2,1H3,(H3,29,30,31,32,33,34). The number of amides is 1. The van der Waals surface area contributed by atoms with Gasteiger partial charge in [0.15, 0.2) is 11.5 Å². The highest BCUT2D eigenvalue weighted by molar-refractivity contribution is 5.97. The van der Waals surface area contributed by atoms with Gasteiger partial charge in [0.25, 0.3) is 5.56 Å². The Morgan fingerprint density at radius 3 is 2.68 bits per heavy atom. The van der Waals surface area contributed by atoms with Gasteiger partial charge in [-0.25, -0.2) is 0 Å². The Kier molecular flexibility index (Phi) is 6.94. The van der Waals surface area contributed by atoms with Crippen LogP contribution in [-0.2, 0) is 11.3 Å². The summed E-state index contributed by atoms with van der Waals surface area (Å²) < 4.78 is 17.0. The highest BCUT2D eigenvalue weighted by Crippen LogP contribution is 2.38. The lowest BCUT2D eigenvalue weighted by Gasteiger charge is -2.28. The molecule has 2 aliphatic rings. The molecule has 2 aromatic carbocycles. The van der Waals surface area contributed by atoms with E-state index in [9.17, 15) is 14.9 Å². The molecule has 5 rings (SSSR count). The van der Waals surface area contributed by atoms with E-state index in [1.54, 1.807) is 24.3 Å². The van der Waals surface area contributed by atoms with E-state index >= 15 is 0 Å². The lowest BCUT2D eigenvalue weighted by Crippen LogP contribution is -2.38. The zero-order valence-corrected chi connectivity index (χ0v) is 20.4. The summed E-state index contributed by atoms with van der Waals surface area (Å²) in [4.78, 5) is 33.2. The summed E-state index contributed by atoms with van der Waals surface area (Å²) in [7, 11) is 0. The molecule has 10 nitrogen and oxygen atoms in total. The maximum Gasteiger partial charge on any atom is 0.258 e. The molecule has 0 saturated carbocycles. The first-order valence-electron chi connectivity index (χ1n) is 12.3. The second-order valence-electron chi connectivity index (χ2n) is 8.85. The molecule has 1 aromatic heterocycles. The van der Waals surface area contributed by atoms with Gasteiger partial charge in [-0.15, -0.1) is 0 Å². The van der Waals surface area contributed by atoms with Gasteiger partial charge in [-0.05, 0) is 41.8 Å². The zero-order valence-electron chi connectivity index (χ0n) is 20.4. The van der Waals surface area contributed by atoms with Gasteiger partial charge in [0.05, 0.1) is 31.5 Å². The number of carbonyl (C=O) groups excluding carboxylic acids is 1. The molecule has 10 heteroatoms. The lowest BCUT2D eigenvalue weighted by molar-refractivity contribution is -0.119. The maximum atomic E-state index is 13.2. The van der Waals surface area contributed by atoms with Gasteiger partial charge < -0.3 is 24.8 Å². The second-order valence-corrected chi connectivity index (χ2v) is 8.85. The SMILES string of the molecule is CCCOc1ccc(C2c3c(nc(NCc4ccc5c(c4)OCCCO5)[nH]c3=O)NC(=O)C2C#N)cc1. The first-order chi connectivity index (χ1) is 18.1. The van der Waals surface area contributed by atoms with Crippen molar-refractivity contribution >= 4 is 17.7 Å². The van der Waals surface area contributed by atoms with Crippen LogP contribution in [0.3, 0.4) is 0 Å². The van der Waals surface area contributed by atoms with E-state index in [0.29, 0.717) is 49.2 Å². The van der Waals surface area contributed by atoms with Gasteiger partial charge >= 0.3 is 0 Å². The first-order valence-corrected chi connectivity index (χ1v) is 12.3. The number of rotatable bonds is 7. The number of carbonyl (C=O) groups is 1. The van der Waals surface area contributed by atoms with Gasteiger partial charge in [0.2, 0.25) is 11.9 Å². The number of fused-ring (bicyclic) bond motifs is 2. The highest BCUT2D eigenvalue weighted by atomic mass is 16.5. The van der Waals surface area contributed by atoms with Crippen LogP contribution in [0.15, 0.2) is 47.3 Å². The van der Waals surface area contributed by atoms with E-state index < -0.39 is 23.3 Å². The summed E-state index contributed by atoms with van der Waals surface area (Å²) in [6.45, 7) is 4.16. The van der Waals surface area contributed by atoms with Crippen molar-refractivity contribution in [3.8, 4) is 23.3 Å². The summed E-state index contributed by atoms with van der Waals surface area (Å²) in [6.07, 6.45) is 1.69. The highest BCUT2D eigenvalue weighted by Gasteiger charge is 2.40. The van der Waals surface area contributed by atoms with Crippen LogP contribution in [0.2, 0.25) is 0 Å². The summed E-state index contributed by atoms with van der Waals surface area (Å²) in [5.74, 6) is 0.0600. The van der Waals surface area contributed by atoms with Crippen LogP contribution in [0, 0.1) is 17.2 Å². The molecule has 0 saturated heterocycles. The van der Waals surface area contributed by atoms with Gasteiger partial charge in [0, 0.05) is 18.9 Å². The molecule has 2 aliphatic heterocycles. The van der Waals surface area contributed by atoms with Gasteiger partial charge in [-0.1, -0.05) is 25.1 Å². The number of nitriles is 1. The van der Waals surface area contributed by atoms with E-state index in [0.717, 1.165) is 18.4 Å². The molecular formula is C27H27N5O5. The van der Waals surface area contributed by atoms with Crippen LogP contribution in [0.5, 0.6) is 17.2 Å². The average Bonchev–Trinajstić information content (AvgIpc) is 3.15. The number of aromatic amines is 1. The average molecular weight is 502 g/mol. The van der Waals surface area contributed by atoms with Crippen molar-refractivity contribution in [1.82, 2.24) is 9.97 Å². The van der Waals surface area contributed by atoms with Crippen molar-refractivity contribution < 1.29 is 19.0 Å². The van der Waals surface area contributed by atoms with Crippen LogP contribution in [0.4, 0.5) is 11.8 Å². The minimum Gasteiger partial charge on any atom is -0.494 e. The number of anilines is 2. The van der Waals surface area contributed by atoms with E-state index in [4.69, 9.17) is 14.2 Å². The quantitative estimate of drug-likeness (QED) is 0.447. The van der Waals surface area contributed by atoms with Gasteiger partial charge in [-0.2, -0.15) is 10.2 Å². The summed E-state index contributed by atoms with van der Waals surface area (Å²) in [5.41, 5.74) is 1.38. The van der Waals surface area contributed by atoms with E-state index in [2.05, 4.69) is 20.6 Å². The fourth-order valence-corrected chi connectivity index (χ4v) is 4.45. The molecule has 0 spiro atoms. The van der Waals surface area contributed by atoms with Crippen LogP contribution in [-0.4, -0.2) is 35.7 Å². The minimum atomic E-state index is -1.07. The van der Waals surface area contributed by atoms with Crippen molar-refractivity contribution in [2.45, 2.75) is 32.2 Å². The van der Waals surface area contributed by atoms with Crippen LogP contribution in [0.1, 0.15) is 42.4 Å². The molecule has 37 heavy (non-hydrogen) atoms. The van der Waals surface area contributed by atoms with Crippen LogP contribution < -0.4 is 30.4 Å². The Morgan fingerprint density at radius 2 is 1.92 bits per heavy atom. The summed E-state index contributed by atoms with van der Waals surface area (Å²) in [6, 6.07) is 14.8. The van der Waals surface area contributed by atoms with Crippen molar-refractivity contribution in [2.24, 2.45) is 5.92 Å². The topological polar surface area (TPSA) is 138 Å². The summed E-state index contributed by atoms with van der Waals surface area (Å²) >= 11 is 0. The fourth-order valence-electron chi connectivity index (χ4n) is 4.45. The number of benzene rings is 2. The van der Waals surface area contributed by atoms with Crippen molar-refractivity contribution in [1.29, 1.82) is 5.26 Å². The predicted octanol–water partition coefficient (Wildman–Crippen LogP) is 3.56. The predicted molar refractivity (Wildman–Crippen MR) is 136 cm³/mol. The molecule has 0 bridgehead atoms. The second kappa shape index (κ2) is 10.6. The zero-order chi connectivity index (χ0) is 25.8. The third-order valence-electron chi connectivity index (χ3n) is 6.25. The monoisotopic (exact) mass is 501 g/mol. The van der Waals surface area contributed by atoms with E-state index in [1.807, 2.05) is 31.2 Å². The Bertz CT molecular complexity index is 1400. The number of nitrogens with zero attached hydrogens (tertiary/aromatic N) is 2. The molecule has 0 fully saturated rings. The Hall–Kier alpha value is -4.52. The number of nitrogens with one attached hydrogen (secondary N) is 3. The number of hydrogen-bond donors (Lipinski definition) is 3. The van der Waals surface area contributed by atoms with Crippen molar-refractivity contribution in [2.75, 3.05) is 30.5 Å². The van der Waals surface area contributed by atoms with Crippen LogP contribution in [0.25, 0.3) is 0 Å². The number of ether oxygens (including phenoxy) is 3. The molecule has 3 aromatic rings. The lowest BCUT2D eigenvalue weighted by atomic mass is 9.79. The van der Waals surface area contributed by atoms with E-state index in [1.165, 1.54) is 0 Å². The van der Waals surface area contributed by atoms with Gasteiger partial charge in [-0.3, -0.25) is 14.6 Å². The molecule has 2 atom stereocenters. The molecule has 3 heterocycles. The van der Waals surface area contributed by atoms with E-state index in [-0.39, 0.29) is 17.3 Å². The molecule has 0 aliphatic carbocycles. The fraction of sp³-hybridized carbons (Fsp3) is 0.333. The molecular weight excluding hydrogens is 474 g/mol. The number of aromatic nitrogens is 2. The first kappa shape index (κ1) is 24.2. The van der Waals surface area contributed by atoms with Crippen molar-refractivity contribution in [3.05, 3.63) is 69.5 Å². The Balaban J connectivity index is 1.41. The molecule has 0 radical (unpaired) electrons. The third kappa shape index (κ3) is 5.07. The maximum absolute atomic E-state index is 13.2. The molecule has 1 amide bonds. The van der Waals surface area contributed by atoms with Gasteiger partial charge in [0.1, 0.15) is 17.5 Å². The number of H-pyrrole nitrogens is 1. The van der Waals surface area contributed by atoms with Crippen molar-refractivity contribution in [3.63, 3.8) is 0 Å². The summed E-state index contributed by atoms with van der Waals surface area (Å²) in [5, 5.41) is 15.5. The normalized spacial score (nSPS) is 18.1.